The second kappa shape index (κ2) is 4.66. The molecule has 0 spiro atoms. The first kappa shape index (κ1) is 11.1. The number of ether oxygens (including phenoxy) is 1. The highest BCUT2D eigenvalue weighted by Crippen LogP contribution is 2.25. The highest BCUT2D eigenvalue weighted by atomic mass is 79.9. The molecule has 0 aliphatic carbocycles. The summed E-state index contributed by atoms with van der Waals surface area (Å²) >= 11 is 3.39. The molecule has 0 bridgehead atoms. The molecule has 3 heteroatoms. The van der Waals surface area contributed by atoms with E-state index in [1.807, 2.05) is 50.2 Å². The summed E-state index contributed by atoms with van der Waals surface area (Å²) in [6.07, 6.45) is 0. The molecule has 1 aromatic carbocycles. The van der Waals surface area contributed by atoms with Gasteiger partial charge in [0.2, 0.25) is 0 Å². The van der Waals surface area contributed by atoms with Crippen LogP contribution >= 0.6 is 15.9 Å². The van der Waals surface area contributed by atoms with Gasteiger partial charge in [-0.15, -0.1) is 0 Å². The SMILES string of the molecule is Cc1ccc(Oc2ccc(Br)cc2)c(C)n1. The summed E-state index contributed by atoms with van der Waals surface area (Å²) in [7, 11) is 0. The Morgan fingerprint density at radius 1 is 1.00 bits per heavy atom. The van der Waals surface area contributed by atoms with Crippen LogP contribution in [0.3, 0.4) is 0 Å². The Balaban J connectivity index is 2.23. The van der Waals surface area contributed by atoms with Gasteiger partial charge in [0.25, 0.3) is 0 Å². The second-order valence-electron chi connectivity index (χ2n) is 3.59. The van der Waals surface area contributed by atoms with Gasteiger partial charge in [0.15, 0.2) is 0 Å². The fourth-order valence-electron chi connectivity index (χ4n) is 1.41. The van der Waals surface area contributed by atoms with Gasteiger partial charge in [-0.3, -0.25) is 4.98 Å². The Hall–Kier alpha value is -1.35. The smallest absolute Gasteiger partial charge is 0.148 e. The zero-order valence-corrected chi connectivity index (χ0v) is 10.8. The van der Waals surface area contributed by atoms with Crippen LogP contribution in [0.15, 0.2) is 40.9 Å². The molecule has 0 amide bonds. The molecule has 0 aliphatic rings. The van der Waals surface area contributed by atoms with E-state index in [9.17, 15) is 0 Å². The van der Waals surface area contributed by atoms with E-state index < -0.39 is 0 Å². The average Bonchev–Trinajstić information content (AvgIpc) is 2.25. The molecule has 0 unspecified atom stereocenters. The van der Waals surface area contributed by atoms with E-state index in [0.29, 0.717) is 0 Å². The molecular weight excluding hydrogens is 266 g/mol. The van der Waals surface area contributed by atoms with Gasteiger partial charge >= 0.3 is 0 Å². The maximum Gasteiger partial charge on any atom is 0.148 e. The summed E-state index contributed by atoms with van der Waals surface area (Å²) in [5.41, 5.74) is 1.91. The van der Waals surface area contributed by atoms with Crippen molar-refractivity contribution < 1.29 is 4.74 Å². The van der Waals surface area contributed by atoms with Crippen molar-refractivity contribution in [1.29, 1.82) is 0 Å². The molecule has 1 heterocycles. The van der Waals surface area contributed by atoms with Crippen molar-refractivity contribution in [2.24, 2.45) is 0 Å². The van der Waals surface area contributed by atoms with Crippen LogP contribution in [0.25, 0.3) is 0 Å². The number of hydrogen-bond donors (Lipinski definition) is 0. The number of aryl methyl sites for hydroxylation is 2. The molecule has 0 atom stereocenters. The summed E-state index contributed by atoms with van der Waals surface area (Å²) in [6.45, 7) is 3.91. The summed E-state index contributed by atoms with van der Waals surface area (Å²) in [5, 5.41) is 0. The standard InChI is InChI=1S/C13H12BrNO/c1-9-3-8-13(10(2)15-9)16-12-6-4-11(14)5-7-12/h3-8H,1-2H3. The first-order valence-electron chi connectivity index (χ1n) is 5.03. The predicted molar refractivity (Wildman–Crippen MR) is 67.9 cm³/mol. The van der Waals surface area contributed by atoms with Crippen LogP contribution in [0.4, 0.5) is 0 Å². The zero-order chi connectivity index (χ0) is 11.5. The van der Waals surface area contributed by atoms with E-state index in [4.69, 9.17) is 4.74 Å². The third kappa shape index (κ3) is 2.61. The monoisotopic (exact) mass is 277 g/mol. The van der Waals surface area contributed by atoms with Gasteiger partial charge in [0, 0.05) is 10.2 Å². The predicted octanol–water partition coefficient (Wildman–Crippen LogP) is 4.25. The maximum atomic E-state index is 5.74. The Kier molecular flexibility index (Phi) is 3.25. The van der Waals surface area contributed by atoms with Crippen LogP contribution in [0.1, 0.15) is 11.4 Å². The van der Waals surface area contributed by atoms with Gasteiger partial charge in [0.1, 0.15) is 11.5 Å². The lowest BCUT2D eigenvalue weighted by molar-refractivity contribution is 0.475. The Morgan fingerprint density at radius 2 is 1.69 bits per heavy atom. The van der Waals surface area contributed by atoms with E-state index in [1.165, 1.54) is 0 Å². The zero-order valence-electron chi connectivity index (χ0n) is 9.20. The van der Waals surface area contributed by atoms with Crippen molar-refractivity contribution in [1.82, 2.24) is 4.98 Å². The van der Waals surface area contributed by atoms with Crippen molar-refractivity contribution in [2.75, 3.05) is 0 Å². The minimum absolute atomic E-state index is 0.799. The van der Waals surface area contributed by atoms with E-state index in [1.54, 1.807) is 0 Å². The van der Waals surface area contributed by atoms with Crippen molar-refractivity contribution in [3.63, 3.8) is 0 Å². The van der Waals surface area contributed by atoms with Gasteiger partial charge in [-0.25, -0.2) is 0 Å². The maximum absolute atomic E-state index is 5.74. The molecule has 2 rings (SSSR count). The van der Waals surface area contributed by atoms with Gasteiger partial charge < -0.3 is 4.74 Å². The highest BCUT2D eigenvalue weighted by Gasteiger charge is 2.02. The molecular formula is C13H12BrNO. The lowest BCUT2D eigenvalue weighted by Gasteiger charge is -2.08. The fraction of sp³-hybridized carbons (Fsp3) is 0.154. The van der Waals surface area contributed by atoms with Crippen LogP contribution in [0, 0.1) is 13.8 Å². The van der Waals surface area contributed by atoms with E-state index >= 15 is 0 Å². The minimum Gasteiger partial charge on any atom is -0.455 e. The Labute approximate surface area is 103 Å². The number of nitrogens with zero attached hydrogens (tertiary/aromatic N) is 1. The van der Waals surface area contributed by atoms with Crippen LogP contribution < -0.4 is 4.74 Å². The summed E-state index contributed by atoms with van der Waals surface area (Å²) in [6, 6.07) is 11.6. The molecule has 0 N–H and O–H groups in total. The third-order valence-electron chi connectivity index (χ3n) is 2.22. The first-order chi connectivity index (χ1) is 7.65. The summed E-state index contributed by atoms with van der Waals surface area (Å²) in [5.74, 6) is 1.62. The van der Waals surface area contributed by atoms with Crippen LogP contribution in [-0.4, -0.2) is 4.98 Å². The van der Waals surface area contributed by atoms with E-state index in [0.717, 1.165) is 27.4 Å². The largest absolute Gasteiger partial charge is 0.455 e. The van der Waals surface area contributed by atoms with Crippen molar-refractivity contribution in [3.8, 4) is 11.5 Å². The number of aromatic nitrogens is 1. The van der Waals surface area contributed by atoms with Crippen molar-refractivity contribution in [2.45, 2.75) is 13.8 Å². The molecule has 0 saturated carbocycles. The third-order valence-corrected chi connectivity index (χ3v) is 2.75. The van der Waals surface area contributed by atoms with Gasteiger partial charge in [0.05, 0.1) is 5.69 Å². The molecule has 2 aromatic rings. The molecule has 1 aromatic heterocycles. The fourth-order valence-corrected chi connectivity index (χ4v) is 1.68. The number of rotatable bonds is 2. The number of halogens is 1. The molecule has 0 radical (unpaired) electrons. The van der Waals surface area contributed by atoms with Gasteiger partial charge in [-0.2, -0.15) is 0 Å². The van der Waals surface area contributed by atoms with Crippen LogP contribution in [0.5, 0.6) is 11.5 Å². The number of benzene rings is 1. The van der Waals surface area contributed by atoms with E-state index in [2.05, 4.69) is 20.9 Å². The normalized spacial score (nSPS) is 10.2. The van der Waals surface area contributed by atoms with Gasteiger partial charge in [-0.05, 0) is 50.2 Å². The molecule has 0 fully saturated rings. The lowest BCUT2D eigenvalue weighted by Crippen LogP contribution is -1.91. The minimum atomic E-state index is 0.799. The second-order valence-corrected chi connectivity index (χ2v) is 4.51. The first-order valence-corrected chi connectivity index (χ1v) is 5.82. The molecule has 0 aliphatic heterocycles. The van der Waals surface area contributed by atoms with Crippen LogP contribution in [0.2, 0.25) is 0 Å². The van der Waals surface area contributed by atoms with Crippen molar-refractivity contribution >= 4 is 15.9 Å². The number of hydrogen-bond acceptors (Lipinski definition) is 2. The molecule has 82 valence electrons. The van der Waals surface area contributed by atoms with Crippen LogP contribution in [-0.2, 0) is 0 Å². The average molecular weight is 278 g/mol. The lowest BCUT2D eigenvalue weighted by atomic mass is 10.3. The van der Waals surface area contributed by atoms with Gasteiger partial charge in [-0.1, -0.05) is 15.9 Å². The topological polar surface area (TPSA) is 22.1 Å². The Bertz CT molecular complexity index is 494. The summed E-state index contributed by atoms with van der Waals surface area (Å²) < 4.78 is 6.78. The number of pyridine rings is 1. The van der Waals surface area contributed by atoms with E-state index in [-0.39, 0.29) is 0 Å². The summed E-state index contributed by atoms with van der Waals surface area (Å²) in [4.78, 5) is 4.35. The quantitative estimate of drug-likeness (QED) is 0.819. The van der Waals surface area contributed by atoms with Crippen molar-refractivity contribution in [3.05, 3.63) is 52.3 Å². The molecule has 2 nitrogen and oxygen atoms in total. The molecule has 0 saturated heterocycles. The highest BCUT2D eigenvalue weighted by molar-refractivity contribution is 9.10. The Morgan fingerprint density at radius 3 is 2.31 bits per heavy atom. The molecule has 16 heavy (non-hydrogen) atoms.